The van der Waals surface area contributed by atoms with E-state index in [0.717, 1.165) is 37.0 Å². The highest BCUT2D eigenvalue weighted by Crippen LogP contribution is 2.40. The zero-order valence-corrected chi connectivity index (χ0v) is 17.1. The molecule has 0 atom stereocenters. The fourth-order valence-corrected chi connectivity index (χ4v) is 4.30. The molecule has 1 fully saturated rings. The smallest absolute Gasteiger partial charge is 0.271 e. The summed E-state index contributed by atoms with van der Waals surface area (Å²) in [4.78, 5) is 37.4. The Morgan fingerprint density at radius 2 is 1.94 bits per heavy atom. The van der Waals surface area contributed by atoms with Crippen molar-refractivity contribution < 1.29 is 24.0 Å². The van der Waals surface area contributed by atoms with Gasteiger partial charge >= 0.3 is 0 Å². The number of nitro groups is 1. The Morgan fingerprint density at radius 1 is 1.23 bits per heavy atom. The summed E-state index contributed by atoms with van der Waals surface area (Å²) < 4.78 is 10.6. The van der Waals surface area contributed by atoms with Crippen LogP contribution in [0.5, 0.6) is 11.5 Å². The number of fused-ring (bicyclic) bond motifs is 1. The summed E-state index contributed by atoms with van der Waals surface area (Å²) in [5, 5.41) is 14.3. The third-order valence-corrected chi connectivity index (χ3v) is 5.88. The molecule has 0 bridgehead atoms. The number of nitro benzene ring substituents is 1. The highest BCUT2D eigenvalue weighted by molar-refractivity contribution is 6.02. The lowest BCUT2D eigenvalue weighted by Gasteiger charge is -2.33. The van der Waals surface area contributed by atoms with Crippen molar-refractivity contribution in [3.8, 4) is 11.5 Å². The summed E-state index contributed by atoms with van der Waals surface area (Å²) in [6.45, 7) is -0.462. The third-order valence-electron chi connectivity index (χ3n) is 5.88. The number of non-ortho nitro benzene ring substituents is 1. The van der Waals surface area contributed by atoms with Crippen molar-refractivity contribution in [3.63, 3.8) is 0 Å². The largest absolute Gasteiger partial charge is 0.497 e. The molecule has 4 rings (SSSR count). The van der Waals surface area contributed by atoms with Gasteiger partial charge in [-0.25, -0.2) is 0 Å². The lowest BCUT2D eigenvalue weighted by molar-refractivity contribution is -0.384. The Labute approximate surface area is 179 Å². The molecular formula is C22H23N3O6. The Bertz CT molecular complexity index is 1010. The number of benzene rings is 2. The molecule has 1 N–H and O–H groups in total. The molecule has 0 aromatic heterocycles. The van der Waals surface area contributed by atoms with Crippen LogP contribution in [0.4, 0.5) is 11.4 Å². The molecule has 0 spiro atoms. The molecule has 162 valence electrons. The average molecular weight is 425 g/mol. The molecule has 9 nitrogen and oxygen atoms in total. The van der Waals surface area contributed by atoms with E-state index in [0.29, 0.717) is 5.75 Å². The van der Waals surface area contributed by atoms with Crippen LogP contribution in [0.1, 0.15) is 31.2 Å². The van der Waals surface area contributed by atoms with E-state index in [9.17, 15) is 19.7 Å². The number of nitrogens with one attached hydrogen (secondary N) is 1. The van der Waals surface area contributed by atoms with Crippen LogP contribution in [-0.2, 0) is 15.1 Å². The molecule has 2 amide bonds. The van der Waals surface area contributed by atoms with Gasteiger partial charge in [-0.05, 0) is 36.6 Å². The third kappa shape index (κ3) is 4.03. The van der Waals surface area contributed by atoms with Gasteiger partial charge in [0, 0.05) is 12.1 Å². The number of methoxy groups -OCH3 is 1. The highest BCUT2D eigenvalue weighted by atomic mass is 16.6. The summed E-state index contributed by atoms with van der Waals surface area (Å²) in [6.07, 6.45) is 3.56. The second kappa shape index (κ2) is 8.25. The molecule has 1 heterocycles. The normalized spacial score (nSPS) is 16.9. The number of ether oxygens (including phenoxy) is 2. The van der Waals surface area contributed by atoms with Crippen LogP contribution in [0, 0.1) is 10.1 Å². The zero-order valence-electron chi connectivity index (χ0n) is 17.1. The standard InChI is InChI=1S/C22H23N3O6/c1-30-17-7-4-15(5-8-17)22(10-2-3-11-22)23-20(26)13-24-18-12-16(25(28)29)6-9-19(18)31-14-21(24)27/h4-9,12H,2-3,10-11,13-14H2,1H3,(H,23,26). The lowest BCUT2D eigenvalue weighted by Crippen LogP contribution is -2.50. The highest BCUT2D eigenvalue weighted by Gasteiger charge is 2.38. The molecule has 2 aromatic carbocycles. The van der Waals surface area contributed by atoms with Crippen molar-refractivity contribution in [1.29, 1.82) is 0 Å². The maximum atomic E-state index is 13.0. The average Bonchev–Trinajstić information content (AvgIpc) is 3.25. The number of amides is 2. The Hall–Kier alpha value is -3.62. The van der Waals surface area contributed by atoms with Crippen molar-refractivity contribution in [2.24, 2.45) is 0 Å². The number of nitrogens with zero attached hydrogens (tertiary/aromatic N) is 2. The molecule has 0 saturated heterocycles. The van der Waals surface area contributed by atoms with Crippen molar-refractivity contribution in [2.75, 3.05) is 25.2 Å². The van der Waals surface area contributed by atoms with Crippen molar-refractivity contribution in [3.05, 3.63) is 58.1 Å². The van der Waals surface area contributed by atoms with E-state index in [2.05, 4.69) is 5.32 Å². The van der Waals surface area contributed by atoms with Gasteiger partial charge in [0.05, 0.1) is 23.3 Å². The summed E-state index contributed by atoms with van der Waals surface area (Å²) in [6, 6.07) is 11.6. The maximum absolute atomic E-state index is 13.0. The summed E-state index contributed by atoms with van der Waals surface area (Å²) in [5.41, 5.74) is 0.534. The zero-order chi connectivity index (χ0) is 22.0. The van der Waals surface area contributed by atoms with Crippen LogP contribution in [0.2, 0.25) is 0 Å². The van der Waals surface area contributed by atoms with Crippen molar-refractivity contribution in [1.82, 2.24) is 5.32 Å². The molecular weight excluding hydrogens is 402 g/mol. The molecule has 0 radical (unpaired) electrons. The molecule has 31 heavy (non-hydrogen) atoms. The van der Waals surface area contributed by atoms with E-state index >= 15 is 0 Å². The first kappa shape index (κ1) is 20.6. The van der Waals surface area contributed by atoms with E-state index in [1.807, 2.05) is 24.3 Å². The second-order valence-electron chi connectivity index (χ2n) is 7.74. The second-order valence-corrected chi connectivity index (χ2v) is 7.74. The summed E-state index contributed by atoms with van der Waals surface area (Å²) >= 11 is 0. The van der Waals surface area contributed by atoms with Crippen LogP contribution in [0.15, 0.2) is 42.5 Å². The van der Waals surface area contributed by atoms with Crippen LogP contribution >= 0.6 is 0 Å². The minimum atomic E-state index is -0.547. The van der Waals surface area contributed by atoms with E-state index in [4.69, 9.17) is 9.47 Å². The predicted octanol–water partition coefficient (Wildman–Crippen LogP) is 2.91. The van der Waals surface area contributed by atoms with E-state index < -0.39 is 16.4 Å². The Balaban J connectivity index is 1.57. The van der Waals surface area contributed by atoms with E-state index in [1.165, 1.54) is 23.1 Å². The van der Waals surface area contributed by atoms with Gasteiger partial charge in [-0.2, -0.15) is 0 Å². The number of hydrogen-bond acceptors (Lipinski definition) is 6. The van der Waals surface area contributed by atoms with Crippen LogP contribution in [0.25, 0.3) is 0 Å². The summed E-state index contributed by atoms with van der Waals surface area (Å²) in [7, 11) is 1.60. The van der Waals surface area contributed by atoms with Crippen LogP contribution in [-0.4, -0.2) is 37.0 Å². The van der Waals surface area contributed by atoms with Crippen molar-refractivity contribution >= 4 is 23.2 Å². The molecule has 2 aromatic rings. The first-order valence-corrected chi connectivity index (χ1v) is 10.1. The minimum Gasteiger partial charge on any atom is -0.497 e. The molecule has 9 heteroatoms. The number of carbonyl (C=O) groups is 2. The molecule has 1 aliphatic heterocycles. The Morgan fingerprint density at radius 3 is 2.58 bits per heavy atom. The molecule has 1 aliphatic carbocycles. The first-order valence-electron chi connectivity index (χ1n) is 10.1. The quantitative estimate of drug-likeness (QED) is 0.563. The maximum Gasteiger partial charge on any atom is 0.271 e. The van der Waals surface area contributed by atoms with E-state index in [1.54, 1.807) is 7.11 Å². The van der Waals surface area contributed by atoms with Crippen LogP contribution < -0.4 is 19.7 Å². The fraction of sp³-hybridized carbons (Fsp3) is 0.364. The fourth-order valence-electron chi connectivity index (χ4n) is 4.30. The molecule has 0 unspecified atom stereocenters. The monoisotopic (exact) mass is 425 g/mol. The SMILES string of the molecule is COc1ccc(C2(NC(=O)CN3C(=O)COc4ccc([N+](=O)[O-])cc43)CCCC2)cc1. The predicted molar refractivity (Wildman–Crippen MR) is 112 cm³/mol. The van der Waals surface area contributed by atoms with Gasteiger partial charge in [-0.15, -0.1) is 0 Å². The van der Waals surface area contributed by atoms with Gasteiger partial charge in [0.1, 0.15) is 18.0 Å². The number of hydrogen-bond donors (Lipinski definition) is 1. The number of anilines is 1. The van der Waals surface area contributed by atoms with Gasteiger partial charge in [0.25, 0.3) is 11.6 Å². The van der Waals surface area contributed by atoms with E-state index in [-0.39, 0.29) is 30.4 Å². The number of rotatable bonds is 6. The van der Waals surface area contributed by atoms with Crippen molar-refractivity contribution in [2.45, 2.75) is 31.2 Å². The van der Waals surface area contributed by atoms with Gasteiger partial charge < -0.3 is 14.8 Å². The molecule has 2 aliphatic rings. The molecule has 1 saturated carbocycles. The first-order chi connectivity index (χ1) is 14.9. The topological polar surface area (TPSA) is 111 Å². The Kier molecular flexibility index (Phi) is 5.50. The van der Waals surface area contributed by atoms with Gasteiger partial charge in [-0.3, -0.25) is 24.6 Å². The summed E-state index contributed by atoms with van der Waals surface area (Å²) in [5.74, 6) is 0.322. The minimum absolute atomic E-state index is 0.173. The van der Waals surface area contributed by atoms with Gasteiger partial charge in [0.15, 0.2) is 6.61 Å². The van der Waals surface area contributed by atoms with Gasteiger partial charge in [-0.1, -0.05) is 25.0 Å². The lowest BCUT2D eigenvalue weighted by atomic mass is 9.88. The number of carbonyl (C=O) groups excluding carboxylic acids is 2. The van der Waals surface area contributed by atoms with Crippen LogP contribution in [0.3, 0.4) is 0 Å². The van der Waals surface area contributed by atoms with Gasteiger partial charge in [0.2, 0.25) is 5.91 Å².